The average molecular weight is 464 g/mol. The van der Waals surface area contributed by atoms with Crippen molar-refractivity contribution in [2.24, 2.45) is 0 Å². The van der Waals surface area contributed by atoms with Gasteiger partial charge in [0.25, 0.3) is 0 Å². The smallest absolute Gasteiger partial charge is 0.0713 e. The number of phenolic OH excluding ortho intramolecular Hbond substituents is 1. The van der Waals surface area contributed by atoms with Crippen molar-refractivity contribution in [1.82, 2.24) is 4.98 Å². The van der Waals surface area contributed by atoms with Gasteiger partial charge in [-0.1, -0.05) is 25.1 Å². The summed E-state index contributed by atoms with van der Waals surface area (Å²) in [4.78, 5) is 16.4. The molecule has 148 valence electrons. The van der Waals surface area contributed by atoms with Crippen LogP contribution in [0.4, 0.5) is 5.69 Å². The minimum atomic E-state index is -5.15. The van der Waals surface area contributed by atoms with Gasteiger partial charge in [-0.25, -0.2) is 0 Å². The molecule has 1 heterocycles. The van der Waals surface area contributed by atoms with E-state index in [0.29, 0.717) is 0 Å². The Bertz CT molecular complexity index is 1020. The van der Waals surface area contributed by atoms with Crippen LogP contribution in [0.25, 0.3) is 10.9 Å². The van der Waals surface area contributed by atoms with Gasteiger partial charge in [0.05, 0.1) is 5.52 Å². The maximum absolute atomic E-state index is 11.0. The minimum absolute atomic E-state index is 0.00951. The number of fused-ring (bicyclic) bond motifs is 1. The average Bonchev–Trinajstić information content (AvgIpc) is 2.63. The monoisotopic (exact) mass is 464 g/mol. The first-order chi connectivity index (χ1) is 13.2. The largest absolute Gasteiger partial charge is 0.256 e. The van der Waals surface area contributed by atoms with Crippen LogP contribution in [0.2, 0.25) is 0 Å². The van der Waals surface area contributed by atoms with Crippen molar-refractivity contribution in [2.75, 3.05) is 11.1 Å². The number of rotatable bonds is 4. The third-order valence-electron chi connectivity index (χ3n) is 3.55. The summed E-state index contributed by atoms with van der Waals surface area (Å²) in [5.41, 5.74) is 1.07. The van der Waals surface area contributed by atoms with Gasteiger partial charge in [-0.05, 0) is 17.9 Å². The number of hydrogen-bond acceptors (Lipinski definition) is 5. The summed E-state index contributed by atoms with van der Waals surface area (Å²) in [5, 5.41) is 13.0. The van der Waals surface area contributed by atoms with Crippen LogP contribution in [0.15, 0.2) is 59.6 Å². The first-order valence-electron chi connectivity index (χ1n) is 8.36. The number of para-hydroxylation sites is 2. The number of benzene rings is 2. The Morgan fingerprint density at radius 2 is 1.86 bits per heavy atom. The molecule has 0 atom stereocenters. The standard InChI is InChI=1S/C11H11NS.C8H10AsNO5/c1-2-13-11-7-8-12-10-6-4-3-5-9(10)11;1-5(11)10-7-4-2-3-6(8(7)12)9(13,14)15/h3-8H,2H2,1H3;2-4,12H,1H3,(H,10,11)(H2,13,14,15). The van der Waals surface area contributed by atoms with Crippen molar-refractivity contribution in [2.45, 2.75) is 18.7 Å². The van der Waals surface area contributed by atoms with E-state index in [1.165, 1.54) is 29.3 Å². The normalized spacial score (nSPS) is 10.9. The Hall–Kier alpha value is -2.25. The van der Waals surface area contributed by atoms with Gasteiger partial charge in [0, 0.05) is 16.5 Å². The van der Waals surface area contributed by atoms with Gasteiger partial charge in [0.1, 0.15) is 0 Å². The molecular formula is C19H21AsN2O5S. The van der Waals surface area contributed by atoms with Crippen LogP contribution in [0.5, 0.6) is 5.75 Å². The molecule has 0 spiro atoms. The summed E-state index contributed by atoms with van der Waals surface area (Å²) in [5.74, 6) is 0.0919. The molecule has 9 heteroatoms. The third-order valence-corrected chi connectivity index (χ3v) is 6.58. The predicted molar refractivity (Wildman–Crippen MR) is 111 cm³/mol. The van der Waals surface area contributed by atoms with Crippen LogP contribution in [-0.4, -0.2) is 44.1 Å². The molecule has 4 N–H and O–H groups in total. The molecular weight excluding hydrogens is 443 g/mol. The molecule has 2 aromatic carbocycles. The number of anilines is 1. The van der Waals surface area contributed by atoms with E-state index in [9.17, 15) is 13.6 Å². The molecule has 0 radical (unpaired) electrons. The quantitative estimate of drug-likeness (QED) is 0.266. The van der Waals surface area contributed by atoms with Gasteiger partial charge in [0.2, 0.25) is 0 Å². The second kappa shape index (κ2) is 9.80. The second-order valence-electron chi connectivity index (χ2n) is 5.66. The zero-order valence-electron chi connectivity index (χ0n) is 15.4. The summed E-state index contributed by atoms with van der Waals surface area (Å²) < 4.78 is 28.4. The molecule has 0 fully saturated rings. The minimum Gasteiger partial charge on any atom is -0.256 e. The zero-order chi connectivity index (χ0) is 20.7. The molecule has 0 aliphatic carbocycles. The number of amides is 1. The number of carbonyl (C=O) groups excluding carboxylic acids is 1. The van der Waals surface area contributed by atoms with Crippen LogP contribution in [0.1, 0.15) is 13.8 Å². The van der Waals surface area contributed by atoms with Crippen molar-refractivity contribution < 1.29 is 21.8 Å². The van der Waals surface area contributed by atoms with Crippen LogP contribution < -0.4 is 9.67 Å². The number of aromatic nitrogens is 1. The fourth-order valence-corrected chi connectivity index (χ4v) is 4.62. The molecule has 7 nitrogen and oxygen atoms in total. The number of aromatic hydroxyl groups is 1. The van der Waals surface area contributed by atoms with Gasteiger partial charge >= 0.3 is 88.1 Å². The van der Waals surface area contributed by atoms with Crippen LogP contribution in [0.3, 0.4) is 0 Å². The molecule has 0 bridgehead atoms. The molecule has 0 saturated heterocycles. The predicted octanol–water partition coefficient (Wildman–Crippen LogP) is 2.26. The maximum Gasteiger partial charge on any atom is 0.0713 e. The van der Waals surface area contributed by atoms with Crippen LogP contribution in [0, 0.1) is 0 Å². The van der Waals surface area contributed by atoms with Crippen molar-refractivity contribution in [3.63, 3.8) is 0 Å². The van der Waals surface area contributed by atoms with E-state index in [-0.39, 0.29) is 5.69 Å². The Morgan fingerprint density at radius 3 is 2.50 bits per heavy atom. The summed E-state index contributed by atoms with van der Waals surface area (Å²) in [6, 6.07) is 14.2. The Labute approximate surface area is 169 Å². The van der Waals surface area contributed by atoms with E-state index in [2.05, 4.69) is 41.5 Å². The molecule has 1 amide bonds. The Morgan fingerprint density at radius 1 is 1.14 bits per heavy atom. The van der Waals surface area contributed by atoms with Crippen molar-refractivity contribution in [1.29, 1.82) is 0 Å². The third kappa shape index (κ3) is 5.87. The Balaban J connectivity index is 0.000000202. The van der Waals surface area contributed by atoms with E-state index in [0.717, 1.165) is 17.3 Å². The van der Waals surface area contributed by atoms with E-state index in [1.54, 1.807) is 0 Å². The summed E-state index contributed by atoms with van der Waals surface area (Å²) >= 11 is -3.28. The number of phenols is 1. The second-order valence-corrected chi connectivity index (χ2v) is 10.3. The first-order valence-corrected chi connectivity index (χ1v) is 12.7. The van der Waals surface area contributed by atoms with E-state index >= 15 is 0 Å². The number of pyridine rings is 1. The number of hydrogen-bond donors (Lipinski definition) is 4. The van der Waals surface area contributed by atoms with Crippen molar-refractivity contribution in [3.05, 3.63) is 54.7 Å². The number of nitrogens with zero attached hydrogens (tertiary/aromatic N) is 1. The van der Waals surface area contributed by atoms with Gasteiger partial charge in [-0.3, -0.25) is 4.98 Å². The number of thioether (sulfide) groups is 1. The van der Waals surface area contributed by atoms with Gasteiger partial charge in [0.15, 0.2) is 0 Å². The first kappa shape index (κ1) is 22.0. The van der Waals surface area contributed by atoms with Crippen LogP contribution in [-0.2, 0) is 8.53 Å². The van der Waals surface area contributed by atoms with Crippen molar-refractivity contribution in [3.8, 4) is 5.75 Å². The molecule has 0 aliphatic heterocycles. The fraction of sp³-hybridized carbons (Fsp3) is 0.158. The molecule has 0 aliphatic rings. The van der Waals surface area contributed by atoms with Gasteiger partial charge in [-0.2, -0.15) is 0 Å². The summed E-state index contributed by atoms with van der Waals surface area (Å²) in [6.45, 7) is 3.40. The van der Waals surface area contributed by atoms with Crippen molar-refractivity contribution >= 4 is 52.8 Å². The summed E-state index contributed by atoms with van der Waals surface area (Å²) in [7, 11) is 0. The molecule has 3 aromatic rings. The van der Waals surface area contributed by atoms with E-state index in [1.807, 2.05) is 24.0 Å². The van der Waals surface area contributed by atoms with Gasteiger partial charge < -0.3 is 0 Å². The fourth-order valence-electron chi connectivity index (χ4n) is 2.41. The molecule has 28 heavy (non-hydrogen) atoms. The number of nitrogens with one attached hydrogen (secondary N) is 1. The maximum atomic E-state index is 11.0. The summed E-state index contributed by atoms with van der Waals surface area (Å²) in [6.07, 6.45) is 1.88. The topological polar surface area (TPSA) is 120 Å². The molecule has 0 unspecified atom stereocenters. The molecule has 0 saturated carbocycles. The SMILES string of the molecule is CC(=O)Nc1cccc([As](=O)(O)O)c1O.CCSc1ccnc2ccccc12. The van der Waals surface area contributed by atoms with Crippen LogP contribution >= 0.6 is 11.8 Å². The molecule has 3 rings (SSSR count). The van der Waals surface area contributed by atoms with E-state index in [4.69, 9.17) is 8.19 Å². The van der Waals surface area contributed by atoms with E-state index < -0.39 is 30.2 Å². The number of carbonyl (C=O) groups is 1. The van der Waals surface area contributed by atoms with Gasteiger partial charge in [-0.15, -0.1) is 11.8 Å². The zero-order valence-corrected chi connectivity index (χ0v) is 18.1. The molecule has 1 aromatic heterocycles. The Kier molecular flexibility index (Phi) is 7.71.